The molecule has 0 radical (unpaired) electrons. The van der Waals surface area contributed by atoms with E-state index in [1.165, 1.54) is 71.1 Å². The Morgan fingerprint density at radius 3 is 2.16 bits per heavy atom. The Morgan fingerprint density at radius 2 is 1.64 bits per heavy atom. The van der Waals surface area contributed by atoms with E-state index in [2.05, 4.69) is 143 Å². The van der Waals surface area contributed by atoms with E-state index in [-0.39, 0.29) is 5.41 Å². The SMILES string of the molecule is C/C=C\C1=CC2(C3=C1C=CC(C)C3)c1ccccc1C(CC)c1ccccc12.CCC1=CC=CCC1.NCC1=CCCC=C1. The molecule has 0 aliphatic heterocycles. The zero-order valence-electron chi connectivity index (χ0n) is 27.4. The van der Waals surface area contributed by atoms with E-state index in [9.17, 15) is 0 Å². The predicted octanol–water partition coefficient (Wildman–Crippen LogP) is 11.1. The van der Waals surface area contributed by atoms with Crippen LogP contribution in [0, 0.1) is 5.92 Å². The highest BCUT2D eigenvalue weighted by Crippen LogP contribution is 2.58. The number of hydrogen-bond acceptors (Lipinski definition) is 1. The van der Waals surface area contributed by atoms with Crippen LogP contribution in [-0.4, -0.2) is 6.54 Å². The minimum atomic E-state index is -0.123. The van der Waals surface area contributed by atoms with E-state index in [1.54, 1.807) is 11.1 Å². The third-order valence-electron chi connectivity index (χ3n) is 9.74. The van der Waals surface area contributed by atoms with Gasteiger partial charge in [0.15, 0.2) is 0 Å². The Labute approximate surface area is 267 Å². The van der Waals surface area contributed by atoms with E-state index in [1.807, 2.05) is 0 Å². The molecule has 0 amide bonds. The van der Waals surface area contributed by atoms with E-state index in [0.29, 0.717) is 18.4 Å². The molecule has 5 aliphatic carbocycles. The summed E-state index contributed by atoms with van der Waals surface area (Å²) in [5.74, 6) is 1.06. The van der Waals surface area contributed by atoms with Crippen molar-refractivity contribution in [2.75, 3.05) is 6.54 Å². The molecular formula is C43H51N. The van der Waals surface area contributed by atoms with Crippen LogP contribution in [0.15, 0.2) is 143 Å². The average molecular weight is 582 g/mol. The Morgan fingerprint density at radius 1 is 0.909 bits per heavy atom. The molecule has 0 saturated carbocycles. The van der Waals surface area contributed by atoms with E-state index < -0.39 is 0 Å². The van der Waals surface area contributed by atoms with Crippen LogP contribution in [0.5, 0.6) is 0 Å². The molecule has 0 heterocycles. The van der Waals surface area contributed by atoms with Gasteiger partial charge in [-0.1, -0.05) is 142 Å². The molecular weight excluding hydrogens is 530 g/mol. The second kappa shape index (κ2) is 14.9. The summed E-state index contributed by atoms with van der Waals surface area (Å²) in [5, 5.41) is 0. The molecule has 0 bridgehead atoms. The first-order valence-electron chi connectivity index (χ1n) is 16.9. The third-order valence-corrected chi connectivity index (χ3v) is 9.74. The zero-order chi connectivity index (χ0) is 30.9. The van der Waals surface area contributed by atoms with Crippen LogP contribution in [0.4, 0.5) is 0 Å². The Balaban J connectivity index is 0.000000196. The molecule has 7 rings (SSSR count). The van der Waals surface area contributed by atoms with Crippen LogP contribution in [0.2, 0.25) is 0 Å². The maximum atomic E-state index is 5.38. The van der Waals surface area contributed by atoms with Gasteiger partial charge in [0, 0.05) is 12.5 Å². The summed E-state index contributed by atoms with van der Waals surface area (Å²) in [4.78, 5) is 0. The summed E-state index contributed by atoms with van der Waals surface area (Å²) in [7, 11) is 0. The molecule has 44 heavy (non-hydrogen) atoms. The van der Waals surface area contributed by atoms with Crippen molar-refractivity contribution in [1.82, 2.24) is 0 Å². The summed E-state index contributed by atoms with van der Waals surface area (Å²) < 4.78 is 0. The molecule has 1 nitrogen and oxygen atoms in total. The smallest absolute Gasteiger partial charge is 0.0615 e. The third kappa shape index (κ3) is 6.40. The fourth-order valence-corrected chi connectivity index (χ4v) is 7.54. The molecule has 1 heteroatoms. The summed E-state index contributed by atoms with van der Waals surface area (Å²) in [6.07, 6.45) is 33.2. The first kappa shape index (κ1) is 31.7. The van der Waals surface area contributed by atoms with E-state index in [4.69, 9.17) is 5.73 Å². The molecule has 1 atom stereocenters. The molecule has 0 saturated heterocycles. The van der Waals surface area contributed by atoms with E-state index >= 15 is 0 Å². The second-order valence-electron chi connectivity index (χ2n) is 12.6. The minimum Gasteiger partial charge on any atom is -0.327 e. The van der Waals surface area contributed by atoms with Crippen LogP contribution >= 0.6 is 0 Å². The number of rotatable bonds is 4. The van der Waals surface area contributed by atoms with Crippen LogP contribution in [0.3, 0.4) is 0 Å². The topological polar surface area (TPSA) is 26.0 Å². The van der Waals surface area contributed by atoms with Gasteiger partial charge in [-0.05, 0) is 102 Å². The van der Waals surface area contributed by atoms with Crippen molar-refractivity contribution >= 4 is 0 Å². The molecule has 1 spiro atoms. The van der Waals surface area contributed by atoms with Gasteiger partial charge in [-0.3, -0.25) is 0 Å². The normalized spacial score (nSPS) is 24.3. The van der Waals surface area contributed by atoms with Crippen molar-refractivity contribution in [3.05, 3.63) is 165 Å². The lowest BCUT2D eigenvalue weighted by Gasteiger charge is -2.43. The van der Waals surface area contributed by atoms with Gasteiger partial charge in [-0.25, -0.2) is 0 Å². The van der Waals surface area contributed by atoms with Crippen LogP contribution in [0.25, 0.3) is 0 Å². The highest BCUT2D eigenvalue weighted by atomic mass is 14.5. The molecule has 2 aromatic carbocycles. The van der Waals surface area contributed by atoms with Gasteiger partial charge in [-0.15, -0.1) is 0 Å². The Hall–Kier alpha value is -3.68. The van der Waals surface area contributed by atoms with Crippen LogP contribution < -0.4 is 5.73 Å². The highest BCUT2D eigenvalue weighted by molar-refractivity contribution is 5.73. The number of allylic oxidation sites excluding steroid dienone is 14. The fourth-order valence-electron chi connectivity index (χ4n) is 7.54. The number of nitrogens with two attached hydrogens (primary N) is 1. The van der Waals surface area contributed by atoms with Gasteiger partial charge < -0.3 is 5.73 Å². The Bertz CT molecular complexity index is 1520. The van der Waals surface area contributed by atoms with Crippen molar-refractivity contribution in [2.24, 2.45) is 11.7 Å². The summed E-state index contributed by atoms with van der Waals surface area (Å²) in [6.45, 7) is 9.69. The lowest BCUT2D eigenvalue weighted by Crippen LogP contribution is -2.35. The van der Waals surface area contributed by atoms with Gasteiger partial charge in [0.25, 0.3) is 0 Å². The molecule has 5 aliphatic rings. The molecule has 228 valence electrons. The van der Waals surface area contributed by atoms with Crippen LogP contribution in [0.1, 0.15) is 101 Å². The number of benzene rings is 2. The van der Waals surface area contributed by atoms with Gasteiger partial charge in [0.05, 0.1) is 5.41 Å². The lowest BCUT2D eigenvalue weighted by molar-refractivity contribution is 0.590. The van der Waals surface area contributed by atoms with Gasteiger partial charge in [0.2, 0.25) is 0 Å². The molecule has 0 fully saturated rings. The second-order valence-corrected chi connectivity index (χ2v) is 12.6. The summed E-state index contributed by atoms with van der Waals surface area (Å²) >= 11 is 0. The number of fused-ring (bicyclic) bond motifs is 5. The molecule has 1 unspecified atom stereocenters. The standard InChI is InChI=1S/C28H28.C8H12.C7H11N/c1-4-10-20-18-28(27-17-19(3)15-16-22(20)27)25-13-8-6-11-23(25)21(5-2)24-12-7-9-14-26(24)28;1-2-8-6-4-3-5-7-8;8-6-7-4-2-1-3-5-7/h4,6-16,18-19,21H,5,17H2,1-3H3;3-4,6H,2,5,7H2,1H3;2,4-5H,1,3,6,8H2/b10-4-;;. The van der Waals surface area contributed by atoms with Gasteiger partial charge in [0.1, 0.15) is 0 Å². The molecule has 2 N–H and O–H groups in total. The zero-order valence-corrected chi connectivity index (χ0v) is 27.4. The van der Waals surface area contributed by atoms with Crippen LogP contribution in [-0.2, 0) is 5.41 Å². The maximum Gasteiger partial charge on any atom is 0.0615 e. The van der Waals surface area contributed by atoms with E-state index in [0.717, 1.165) is 12.8 Å². The summed E-state index contributed by atoms with van der Waals surface area (Å²) in [6, 6.07) is 18.4. The highest BCUT2D eigenvalue weighted by Gasteiger charge is 2.48. The fraction of sp³-hybridized carbons (Fsp3) is 0.349. The predicted molar refractivity (Wildman–Crippen MR) is 191 cm³/mol. The Kier molecular flexibility index (Phi) is 10.7. The number of hydrogen-bond donors (Lipinski definition) is 1. The monoisotopic (exact) mass is 581 g/mol. The molecule has 2 aromatic rings. The van der Waals surface area contributed by atoms with Crippen molar-refractivity contribution < 1.29 is 0 Å². The average Bonchev–Trinajstić information content (AvgIpc) is 3.40. The first-order chi connectivity index (χ1) is 21.6. The van der Waals surface area contributed by atoms with Crippen molar-refractivity contribution in [3.8, 4) is 0 Å². The van der Waals surface area contributed by atoms with Crippen molar-refractivity contribution in [3.63, 3.8) is 0 Å². The summed E-state index contributed by atoms with van der Waals surface area (Å²) in [5.41, 5.74) is 18.5. The largest absolute Gasteiger partial charge is 0.327 e. The van der Waals surface area contributed by atoms with Gasteiger partial charge >= 0.3 is 0 Å². The van der Waals surface area contributed by atoms with Crippen molar-refractivity contribution in [1.29, 1.82) is 0 Å². The van der Waals surface area contributed by atoms with Crippen molar-refractivity contribution in [2.45, 2.75) is 84.0 Å². The quantitative estimate of drug-likeness (QED) is 0.382. The van der Waals surface area contributed by atoms with Gasteiger partial charge in [-0.2, -0.15) is 0 Å². The molecule has 0 aromatic heterocycles. The first-order valence-corrected chi connectivity index (χ1v) is 16.9. The maximum absolute atomic E-state index is 5.38. The lowest BCUT2D eigenvalue weighted by atomic mass is 9.59. The minimum absolute atomic E-state index is 0.123.